The maximum atomic E-state index is 10.6. The van der Waals surface area contributed by atoms with Gasteiger partial charge in [0.25, 0.3) is 0 Å². The Hall–Kier alpha value is -4.36. The van der Waals surface area contributed by atoms with Crippen LogP contribution in [-0.4, -0.2) is 31.8 Å². The van der Waals surface area contributed by atoms with Gasteiger partial charge in [0.2, 0.25) is 5.95 Å². The van der Waals surface area contributed by atoms with E-state index in [9.17, 15) is 10.2 Å². The number of aromatic hydroxyl groups is 1. The number of hydrogen-bond donors (Lipinski definition) is 5. The fourth-order valence-electron chi connectivity index (χ4n) is 3.93. The van der Waals surface area contributed by atoms with E-state index in [-0.39, 0.29) is 24.3 Å². The van der Waals surface area contributed by atoms with Crippen molar-refractivity contribution >= 4 is 22.7 Å². The summed E-state index contributed by atoms with van der Waals surface area (Å²) in [4.78, 5) is 11.8. The first-order valence-electron chi connectivity index (χ1n) is 10.6. The fourth-order valence-corrected chi connectivity index (χ4v) is 3.93. The van der Waals surface area contributed by atoms with Crippen LogP contribution >= 0.6 is 0 Å². The second-order valence-corrected chi connectivity index (χ2v) is 7.80. The molecular weight excluding hydrogens is 414 g/mol. The molecule has 6 N–H and O–H groups in total. The van der Waals surface area contributed by atoms with Crippen molar-refractivity contribution in [2.75, 3.05) is 17.7 Å². The average Bonchev–Trinajstić information content (AvgIpc) is 3.31. The first-order chi connectivity index (χ1) is 16.1. The van der Waals surface area contributed by atoms with Gasteiger partial charge >= 0.3 is 0 Å². The molecule has 0 aliphatic carbocycles. The molecule has 0 aliphatic rings. The van der Waals surface area contributed by atoms with Crippen molar-refractivity contribution < 1.29 is 10.2 Å². The van der Waals surface area contributed by atoms with E-state index in [1.54, 1.807) is 12.1 Å². The zero-order valence-corrected chi connectivity index (χ0v) is 17.7. The molecule has 0 bridgehead atoms. The third kappa shape index (κ3) is 4.22. The number of nitrogens with two attached hydrogens (primary N) is 1. The number of phenols is 1. The molecule has 0 amide bonds. The van der Waals surface area contributed by atoms with Crippen molar-refractivity contribution in [1.82, 2.24) is 15.0 Å². The van der Waals surface area contributed by atoms with Crippen LogP contribution in [0.15, 0.2) is 85.1 Å². The van der Waals surface area contributed by atoms with Crippen LogP contribution in [0.5, 0.6) is 5.75 Å². The third-order valence-electron chi connectivity index (χ3n) is 5.61. The molecule has 0 spiro atoms. The molecule has 1 unspecified atom stereocenters. The highest BCUT2D eigenvalue weighted by atomic mass is 16.3. The van der Waals surface area contributed by atoms with E-state index in [1.807, 2.05) is 66.9 Å². The van der Waals surface area contributed by atoms with Crippen molar-refractivity contribution in [1.29, 1.82) is 0 Å². The number of fused-ring (bicyclic) bond motifs is 1. The molecule has 7 nitrogen and oxygen atoms in total. The molecule has 2 heterocycles. The standard InChI is InChI=1S/C26H23N5O2/c27-26-30-22(14-25(31-26)29-23(15-32)16-4-2-1-3-5-16)20-13-18(7-9-24(20)33)17-6-8-21-19(12-17)10-11-28-21/h1-14,23,28,32-33H,15H2,(H3,27,29,30,31). The Morgan fingerprint density at radius 2 is 1.70 bits per heavy atom. The molecule has 164 valence electrons. The minimum absolute atomic E-state index is 0.0679. The van der Waals surface area contributed by atoms with Crippen molar-refractivity contribution in [3.63, 3.8) is 0 Å². The van der Waals surface area contributed by atoms with E-state index in [2.05, 4.69) is 26.3 Å². The summed E-state index contributed by atoms with van der Waals surface area (Å²) < 4.78 is 0. The lowest BCUT2D eigenvalue weighted by Crippen LogP contribution is -2.16. The number of rotatable bonds is 6. The zero-order chi connectivity index (χ0) is 22.8. The monoisotopic (exact) mass is 437 g/mol. The van der Waals surface area contributed by atoms with Gasteiger partial charge in [-0.15, -0.1) is 0 Å². The summed E-state index contributed by atoms with van der Waals surface area (Å²) in [6.45, 7) is -0.119. The van der Waals surface area contributed by atoms with E-state index in [4.69, 9.17) is 5.73 Å². The SMILES string of the molecule is Nc1nc(NC(CO)c2ccccc2)cc(-c2cc(-c3ccc4[nH]ccc4c3)ccc2O)n1. The van der Waals surface area contributed by atoms with Crippen molar-refractivity contribution in [2.24, 2.45) is 0 Å². The molecule has 0 saturated heterocycles. The van der Waals surface area contributed by atoms with Crippen molar-refractivity contribution in [3.05, 3.63) is 90.6 Å². The Morgan fingerprint density at radius 1 is 0.909 bits per heavy atom. The number of hydrogen-bond acceptors (Lipinski definition) is 6. The summed E-state index contributed by atoms with van der Waals surface area (Å²) >= 11 is 0. The molecule has 5 rings (SSSR count). The topological polar surface area (TPSA) is 120 Å². The number of aromatic amines is 1. The number of nitrogen functional groups attached to an aromatic ring is 1. The van der Waals surface area contributed by atoms with Crippen LogP contribution in [0, 0.1) is 0 Å². The van der Waals surface area contributed by atoms with Gasteiger partial charge < -0.3 is 26.2 Å². The van der Waals surface area contributed by atoms with Crippen LogP contribution in [0.4, 0.5) is 11.8 Å². The smallest absolute Gasteiger partial charge is 0.222 e. The first-order valence-corrected chi connectivity index (χ1v) is 10.6. The number of aliphatic hydroxyl groups is 1. The van der Waals surface area contributed by atoms with Gasteiger partial charge in [0.05, 0.1) is 18.3 Å². The number of aliphatic hydroxyl groups excluding tert-OH is 1. The number of benzene rings is 3. The minimum Gasteiger partial charge on any atom is -0.507 e. The van der Waals surface area contributed by atoms with Gasteiger partial charge in [-0.1, -0.05) is 42.5 Å². The number of aromatic nitrogens is 3. The van der Waals surface area contributed by atoms with Gasteiger partial charge in [-0.05, 0) is 52.4 Å². The Kier molecular flexibility index (Phi) is 5.38. The largest absolute Gasteiger partial charge is 0.507 e. The predicted molar refractivity (Wildman–Crippen MR) is 131 cm³/mol. The minimum atomic E-state index is -0.360. The molecule has 7 heteroatoms. The number of nitrogens with one attached hydrogen (secondary N) is 2. The number of anilines is 2. The lowest BCUT2D eigenvalue weighted by molar-refractivity contribution is 0.276. The van der Waals surface area contributed by atoms with Crippen LogP contribution in [-0.2, 0) is 0 Å². The Balaban J connectivity index is 1.51. The second-order valence-electron chi connectivity index (χ2n) is 7.80. The van der Waals surface area contributed by atoms with Crippen LogP contribution in [0.2, 0.25) is 0 Å². The van der Waals surface area contributed by atoms with Crippen LogP contribution in [0.3, 0.4) is 0 Å². The Bertz CT molecular complexity index is 1420. The predicted octanol–water partition coefficient (Wildman–Crippen LogP) is 4.73. The second kappa shape index (κ2) is 8.64. The molecule has 3 aromatic carbocycles. The van der Waals surface area contributed by atoms with E-state index in [0.29, 0.717) is 17.1 Å². The maximum Gasteiger partial charge on any atom is 0.222 e. The molecule has 2 aromatic heterocycles. The van der Waals surface area contributed by atoms with Gasteiger partial charge in [-0.3, -0.25) is 0 Å². The highest BCUT2D eigenvalue weighted by Crippen LogP contribution is 2.35. The molecule has 0 radical (unpaired) electrons. The highest BCUT2D eigenvalue weighted by molar-refractivity contribution is 5.86. The average molecular weight is 438 g/mol. The molecule has 1 atom stereocenters. The van der Waals surface area contributed by atoms with Gasteiger partial charge in [0.1, 0.15) is 11.6 Å². The Morgan fingerprint density at radius 3 is 2.52 bits per heavy atom. The van der Waals surface area contributed by atoms with Crippen molar-refractivity contribution in [2.45, 2.75) is 6.04 Å². The molecule has 33 heavy (non-hydrogen) atoms. The van der Waals surface area contributed by atoms with Crippen LogP contribution in [0.25, 0.3) is 33.3 Å². The quantitative estimate of drug-likeness (QED) is 0.262. The third-order valence-corrected chi connectivity index (χ3v) is 5.61. The van der Waals surface area contributed by atoms with E-state index in [0.717, 1.165) is 27.6 Å². The molecular formula is C26H23N5O2. The van der Waals surface area contributed by atoms with E-state index in [1.165, 1.54) is 0 Å². The zero-order valence-electron chi connectivity index (χ0n) is 17.7. The van der Waals surface area contributed by atoms with Gasteiger partial charge in [0, 0.05) is 23.3 Å². The number of H-pyrrole nitrogens is 1. The number of phenolic OH excluding ortho intramolecular Hbond substituents is 1. The summed E-state index contributed by atoms with van der Waals surface area (Å²) in [6.07, 6.45) is 1.91. The first kappa shape index (κ1) is 20.5. The Labute approximate surface area is 190 Å². The summed E-state index contributed by atoms with van der Waals surface area (Å²) in [5.41, 5.74) is 11.0. The molecule has 5 aromatic rings. The van der Waals surface area contributed by atoms with Gasteiger partial charge in [-0.25, -0.2) is 4.98 Å². The molecule has 0 aliphatic heterocycles. The summed E-state index contributed by atoms with van der Waals surface area (Å²) in [7, 11) is 0. The van der Waals surface area contributed by atoms with Crippen LogP contribution < -0.4 is 11.1 Å². The molecule has 0 fully saturated rings. The highest BCUT2D eigenvalue weighted by Gasteiger charge is 2.15. The molecule has 0 saturated carbocycles. The lowest BCUT2D eigenvalue weighted by atomic mass is 9.99. The fraction of sp³-hybridized carbons (Fsp3) is 0.0769. The summed E-state index contributed by atoms with van der Waals surface area (Å²) in [6, 6.07) is 24.5. The van der Waals surface area contributed by atoms with Gasteiger partial charge in [0.15, 0.2) is 0 Å². The number of nitrogens with zero attached hydrogens (tertiary/aromatic N) is 2. The maximum absolute atomic E-state index is 10.6. The van der Waals surface area contributed by atoms with Crippen LogP contribution in [0.1, 0.15) is 11.6 Å². The summed E-state index contributed by atoms with van der Waals surface area (Å²) in [5.74, 6) is 0.615. The van der Waals surface area contributed by atoms with Gasteiger partial charge in [-0.2, -0.15) is 4.98 Å². The van der Waals surface area contributed by atoms with E-state index >= 15 is 0 Å². The van der Waals surface area contributed by atoms with Crippen molar-refractivity contribution in [3.8, 4) is 28.1 Å². The van der Waals surface area contributed by atoms with E-state index < -0.39 is 0 Å². The summed E-state index contributed by atoms with van der Waals surface area (Å²) in [5, 5.41) is 24.8. The lowest BCUT2D eigenvalue weighted by Gasteiger charge is -2.18. The normalized spacial score (nSPS) is 12.0.